The Balaban J connectivity index is 2.20. The van der Waals surface area contributed by atoms with Crippen LogP contribution < -0.4 is 0 Å². The van der Waals surface area contributed by atoms with E-state index in [4.69, 9.17) is 0 Å². The Morgan fingerprint density at radius 3 is 2.75 bits per heavy atom. The summed E-state index contributed by atoms with van der Waals surface area (Å²) in [7, 11) is 0. The van der Waals surface area contributed by atoms with Crippen molar-refractivity contribution in [3.05, 3.63) is 29.3 Å². The molecule has 0 spiro atoms. The van der Waals surface area contributed by atoms with Crippen LogP contribution in [-0.2, 0) is 6.42 Å². The number of benzene rings is 1. The summed E-state index contributed by atoms with van der Waals surface area (Å²) in [6.45, 7) is 4.47. The van der Waals surface area contributed by atoms with Crippen molar-refractivity contribution in [1.29, 1.82) is 0 Å². The van der Waals surface area contributed by atoms with Gasteiger partial charge in [0.15, 0.2) is 0 Å². The molecule has 2 aromatic rings. The lowest BCUT2D eigenvalue weighted by Crippen LogP contribution is -2.12. The highest BCUT2D eigenvalue weighted by molar-refractivity contribution is 9.09. The van der Waals surface area contributed by atoms with Gasteiger partial charge in [-0.3, -0.25) is 0 Å². The van der Waals surface area contributed by atoms with Gasteiger partial charge in [-0.15, -0.1) is 11.3 Å². The van der Waals surface area contributed by atoms with Crippen LogP contribution in [0, 0.1) is 5.92 Å². The average Bonchev–Trinajstić information content (AvgIpc) is 2.67. The Bertz CT molecular complexity index is 431. The van der Waals surface area contributed by atoms with E-state index < -0.39 is 0 Å². The van der Waals surface area contributed by atoms with Crippen LogP contribution in [0.3, 0.4) is 0 Å². The summed E-state index contributed by atoms with van der Waals surface area (Å²) in [6.07, 6.45) is 2.28. The standard InChI is InChI=1S/C13H16BrNS/c1-3-10(9(2)14)8-13-15-11-6-4-5-7-12(11)16-13/h4-7,9-10H,3,8H2,1-2H3. The van der Waals surface area contributed by atoms with Gasteiger partial charge in [0.2, 0.25) is 0 Å². The molecule has 2 atom stereocenters. The average molecular weight is 298 g/mol. The maximum absolute atomic E-state index is 4.68. The minimum Gasteiger partial charge on any atom is -0.241 e. The van der Waals surface area contributed by atoms with Crippen LogP contribution in [0.4, 0.5) is 0 Å². The third-order valence-electron chi connectivity index (χ3n) is 2.95. The van der Waals surface area contributed by atoms with Crippen molar-refractivity contribution in [2.24, 2.45) is 5.92 Å². The summed E-state index contributed by atoms with van der Waals surface area (Å²) in [5, 5.41) is 1.26. The van der Waals surface area contributed by atoms with E-state index in [2.05, 4.69) is 59.0 Å². The monoisotopic (exact) mass is 297 g/mol. The Morgan fingerprint density at radius 2 is 2.12 bits per heavy atom. The van der Waals surface area contributed by atoms with Crippen molar-refractivity contribution in [2.75, 3.05) is 0 Å². The Morgan fingerprint density at radius 1 is 1.38 bits per heavy atom. The summed E-state index contributed by atoms with van der Waals surface area (Å²) >= 11 is 5.51. The Kier molecular flexibility index (Phi) is 3.98. The van der Waals surface area contributed by atoms with Crippen molar-refractivity contribution in [1.82, 2.24) is 4.98 Å². The van der Waals surface area contributed by atoms with Crippen LogP contribution in [0.25, 0.3) is 10.2 Å². The zero-order chi connectivity index (χ0) is 11.5. The molecule has 0 amide bonds. The van der Waals surface area contributed by atoms with Gasteiger partial charge in [0.1, 0.15) is 0 Å². The molecule has 2 unspecified atom stereocenters. The highest BCUT2D eigenvalue weighted by Gasteiger charge is 2.15. The number of para-hydroxylation sites is 1. The van der Waals surface area contributed by atoms with E-state index in [0.717, 1.165) is 11.9 Å². The van der Waals surface area contributed by atoms with E-state index >= 15 is 0 Å². The molecular weight excluding hydrogens is 282 g/mol. The van der Waals surface area contributed by atoms with Gasteiger partial charge in [-0.2, -0.15) is 0 Å². The van der Waals surface area contributed by atoms with E-state index in [0.29, 0.717) is 10.7 Å². The molecule has 86 valence electrons. The minimum atomic E-state index is 0.560. The first-order chi connectivity index (χ1) is 7.70. The third-order valence-corrected chi connectivity index (χ3v) is 4.76. The molecule has 0 fully saturated rings. The van der Waals surface area contributed by atoms with Gasteiger partial charge in [0.05, 0.1) is 15.2 Å². The lowest BCUT2D eigenvalue weighted by Gasteiger charge is -2.15. The SMILES string of the molecule is CCC(Cc1nc2ccccc2s1)C(C)Br. The molecule has 0 bridgehead atoms. The maximum Gasteiger partial charge on any atom is 0.0941 e. The van der Waals surface area contributed by atoms with Crippen LogP contribution in [0.5, 0.6) is 0 Å². The summed E-state index contributed by atoms with van der Waals surface area (Å²) in [4.78, 5) is 5.24. The zero-order valence-corrected chi connectivity index (χ0v) is 12.0. The first-order valence-electron chi connectivity index (χ1n) is 5.69. The number of halogens is 1. The smallest absolute Gasteiger partial charge is 0.0941 e. The summed E-state index contributed by atoms with van der Waals surface area (Å²) in [6, 6.07) is 8.37. The van der Waals surface area contributed by atoms with Gasteiger partial charge in [-0.05, 0) is 18.1 Å². The van der Waals surface area contributed by atoms with Gasteiger partial charge in [-0.25, -0.2) is 4.98 Å². The molecule has 0 radical (unpaired) electrons. The fourth-order valence-electron chi connectivity index (χ4n) is 1.86. The highest BCUT2D eigenvalue weighted by Crippen LogP contribution is 2.27. The van der Waals surface area contributed by atoms with Crippen LogP contribution in [0.15, 0.2) is 24.3 Å². The summed E-state index contributed by atoms with van der Waals surface area (Å²) in [5.41, 5.74) is 1.14. The predicted molar refractivity (Wildman–Crippen MR) is 75.5 cm³/mol. The normalized spacial score (nSPS) is 15.2. The van der Waals surface area contributed by atoms with Gasteiger partial charge >= 0.3 is 0 Å². The summed E-state index contributed by atoms with van der Waals surface area (Å²) in [5.74, 6) is 0.681. The van der Waals surface area contributed by atoms with Crippen molar-refractivity contribution in [3.63, 3.8) is 0 Å². The van der Waals surface area contributed by atoms with Crippen LogP contribution in [-0.4, -0.2) is 9.81 Å². The fourth-order valence-corrected chi connectivity index (χ4v) is 3.48. The molecule has 1 nitrogen and oxygen atoms in total. The first kappa shape index (κ1) is 12.1. The van der Waals surface area contributed by atoms with E-state index in [1.165, 1.54) is 16.1 Å². The molecule has 0 aliphatic heterocycles. The van der Waals surface area contributed by atoms with E-state index in [1.807, 2.05) is 11.3 Å². The number of nitrogens with zero attached hydrogens (tertiary/aromatic N) is 1. The summed E-state index contributed by atoms with van der Waals surface area (Å²) < 4.78 is 1.30. The van der Waals surface area contributed by atoms with Crippen molar-refractivity contribution < 1.29 is 0 Å². The Labute approximate surface area is 109 Å². The molecule has 0 N–H and O–H groups in total. The van der Waals surface area contributed by atoms with Crippen molar-refractivity contribution >= 4 is 37.5 Å². The second-order valence-electron chi connectivity index (χ2n) is 4.13. The number of aromatic nitrogens is 1. The highest BCUT2D eigenvalue weighted by atomic mass is 79.9. The quantitative estimate of drug-likeness (QED) is 0.749. The van der Waals surface area contributed by atoms with E-state index in [9.17, 15) is 0 Å². The molecule has 1 heterocycles. The number of alkyl halides is 1. The first-order valence-corrected chi connectivity index (χ1v) is 7.42. The number of fused-ring (bicyclic) bond motifs is 1. The van der Waals surface area contributed by atoms with Gasteiger partial charge in [-0.1, -0.05) is 48.3 Å². The molecule has 2 rings (SSSR count). The topological polar surface area (TPSA) is 12.9 Å². The molecule has 0 aliphatic carbocycles. The number of rotatable bonds is 4. The van der Waals surface area contributed by atoms with Crippen molar-refractivity contribution in [3.8, 4) is 0 Å². The molecule has 1 aromatic heterocycles. The molecular formula is C13H16BrNS. The fraction of sp³-hybridized carbons (Fsp3) is 0.462. The number of thiazole rings is 1. The lowest BCUT2D eigenvalue weighted by atomic mass is 10.00. The van der Waals surface area contributed by atoms with Crippen molar-refractivity contribution in [2.45, 2.75) is 31.5 Å². The molecule has 16 heavy (non-hydrogen) atoms. The second-order valence-corrected chi connectivity index (χ2v) is 6.68. The third kappa shape index (κ3) is 2.64. The van der Waals surface area contributed by atoms with Gasteiger partial charge < -0.3 is 0 Å². The molecule has 3 heteroatoms. The molecule has 1 aromatic carbocycles. The van der Waals surface area contributed by atoms with E-state index in [1.54, 1.807) is 0 Å². The zero-order valence-electron chi connectivity index (χ0n) is 9.61. The van der Waals surface area contributed by atoms with Crippen LogP contribution in [0.1, 0.15) is 25.3 Å². The number of hydrogen-bond acceptors (Lipinski definition) is 2. The number of hydrogen-bond donors (Lipinski definition) is 0. The largest absolute Gasteiger partial charge is 0.241 e. The van der Waals surface area contributed by atoms with Crippen LogP contribution in [0.2, 0.25) is 0 Å². The predicted octanol–water partition coefficient (Wildman–Crippen LogP) is 4.65. The molecule has 0 saturated heterocycles. The maximum atomic E-state index is 4.68. The lowest BCUT2D eigenvalue weighted by molar-refractivity contribution is 0.507. The van der Waals surface area contributed by atoms with Crippen LogP contribution >= 0.6 is 27.3 Å². The molecule has 0 aliphatic rings. The Hall–Kier alpha value is -0.410. The minimum absolute atomic E-state index is 0.560. The van der Waals surface area contributed by atoms with Gasteiger partial charge in [0, 0.05) is 11.2 Å². The second kappa shape index (κ2) is 5.28. The molecule has 0 saturated carbocycles. The van der Waals surface area contributed by atoms with Gasteiger partial charge in [0.25, 0.3) is 0 Å². The van der Waals surface area contributed by atoms with E-state index in [-0.39, 0.29) is 0 Å².